The lowest BCUT2D eigenvalue weighted by Gasteiger charge is -2.36. The first kappa shape index (κ1) is 26.7. The van der Waals surface area contributed by atoms with Gasteiger partial charge >= 0.3 is 12.2 Å². The van der Waals surface area contributed by atoms with Crippen LogP contribution in [0.4, 0.5) is 23.7 Å². The fourth-order valence-electron chi connectivity index (χ4n) is 4.41. The van der Waals surface area contributed by atoms with Crippen LogP contribution in [0, 0.1) is 0 Å². The largest absolute Gasteiger partial charge is 0.495 e. The predicted octanol–water partition coefficient (Wildman–Crippen LogP) is 6.98. The summed E-state index contributed by atoms with van der Waals surface area (Å²) in [5.74, 6) is 0.477. The topological polar surface area (TPSA) is 63.2 Å². The Bertz CT molecular complexity index is 1380. The Hall–Kier alpha value is -4.33. The SMILES string of the molecule is CCc1ccc(NC(=O)NC(Cc2ccccc2)(c2cccc(C(F)(F)F)c2)c2ccccn2)c(OC)c1. The molecule has 0 saturated carbocycles. The molecule has 0 spiro atoms. The monoisotopic (exact) mass is 519 g/mol. The fraction of sp³-hybridized carbons (Fsp3) is 0.200. The van der Waals surface area contributed by atoms with Gasteiger partial charge in [0, 0.05) is 12.6 Å². The van der Waals surface area contributed by atoms with E-state index >= 15 is 0 Å². The van der Waals surface area contributed by atoms with Gasteiger partial charge in [-0.25, -0.2) is 4.79 Å². The highest BCUT2D eigenvalue weighted by Gasteiger charge is 2.40. The average Bonchev–Trinajstić information content (AvgIpc) is 2.93. The molecule has 2 N–H and O–H groups in total. The summed E-state index contributed by atoms with van der Waals surface area (Å²) in [7, 11) is 1.51. The number of alkyl halides is 3. The van der Waals surface area contributed by atoms with Crippen LogP contribution in [0.2, 0.25) is 0 Å². The van der Waals surface area contributed by atoms with Crippen molar-refractivity contribution in [2.75, 3.05) is 12.4 Å². The van der Waals surface area contributed by atoms with Crippen molar-refractivity contribution in [3.63, 3.8) is 0 Å². The number of urea groups is 1. The number of pyridine rings is 1. The highest BCUT2D eigenvalue weighted by atomic mass is 19.4. The Morgan fingerprint density at radius 2 is 1.61 bits per heavy atom. The molecular weight excluding hydrogens is 491 g/mol. The molecule has 0 aliphatic carbocycles. The van der Waals surface area contributed by atoms with Crippen molar-refractivity contribution in [1.29, 1.82) is 0 Å². The first-order valence-corrected chi connectivity index (χ1v) is 12.1. The van der Waals surface area contributed by atoms with Gasteiger partial charge in [-0.3, -0.25) is 4.98 Å². The number of halogens is 3. The minimum atomic E-state index is -4.56. The number of hydrogen-bond acceptors (Lipinski definition) is 3. The van der Waals surface area contributed by atoms with Crippen LogP contribution < -0.4 is 15.4 Å². The van der Waals surface area contributed by atoms with Crippen LogP contribution in [0.5, 0.6) is 5.75 Å². The van der Waals surface area contributed by atoms with Crippen LogP contribution in [0.1, 0.15) is 34.9 Å². The molecule has 4 rings (SSSR count). The molecule has 0 saturated heterocycles. The van der Waals surface area contributed by atoms with E-state index in [0.29, 0.717) is 17.1 Å². The van der Waals surface area contributed by atoms with Crippen molar-refractivity contribution in [2.45, 2.75) is 31.5 Å². The maximum atomic E-state index is 13.8. The van der Waals surface area contributed by atoms with Gasteiger partial charge in [-0.05, 0) is 59.5 Å². The molecule has 1 unspecified atom stereocenters. The molecular formula is C30H28F3N3O2. The fourth-order valence-corrected chi connectivity index (χ4v) is 4.41. The summed E-state index contributed by atoms with van der Waals surface area (Å²) >= 11 is 0. The highest BCUT2D eigenvalue weighted by Crippen LogP contribution is 2.37. The van der Waals surface area contributed by atoms with Crippen LogP contribution in [0.15, 0.2) is 97.2 Å². The van der Waals surface area contributed by atoms with Crippen molar-refractivity contribution in [1.82, 2.24) is 10.3 Å². The van der Waals surface area contributed by atoms with Gasteiger partial charge in [-0.1, -0.05) is 61.5 Å². The maximum Gasteiger partial charge on any atom is 0.416 e. The number of nitrogens with zero attached hydrogens (tertiary/aromatic N) is 1. The van der Waals surface area contributed by atoms with E-state index in [9.17, 15) is 18.0 Å². The Balaban J connectivity index is 1.83. The number of methoxy groups -OCH3 is 1. The molecule has 4 aromatic rings. The third-order valence-corrected chi connectivity index (χ3v) is 6.35. The molecule has 2 amide bonds. The lowest BCUT2D eigenvalue weighted by atomic mass is 9.80. The summed E-state index contributed by atoms with van der Waals surface area (Å²) in [6, 6.07) is 24.2. The summed E-state index contributed by atoms with van der Waals surface area (Å²) in [4.78, 5) is 18.0. The molecule has 3 aromatic carbocycles. The van der Waals surface area contributed by atoms with E-state index in [1.807, 2.05) is 49.4 Å². The lowest BCUT2D eigenvalue weighted by molar-refractivity contribution is -0.137. The molecule has 0 aliphatic rings. The van der Waals surface area contributed by atoms with Crippen LogP contribution in [0.3, 0.4) is 0 Å². The van der Waals surface area contributed by atoms with Gasteiger partial charge in [-0.15, -0.1) is 0 Å². The zero-order valence-electron chi connectivity index (χ0n) is 21.0. The van der Waals surface area contributed by atoms with Gasteiger partial charge in [0.15, 0.2) is 0 Å². The minimum absolute atomic E-state index is 0.158. The number of aromatic nitrogens is 1. The second-order valence-corrected chi connectivity index (χ2v) is 8.83. The number of nitrogens with one attached hydrogen (secondary N) is 2. The smallest absolute Gasteiger partial charge is 0.416 e. The van der Waals surface area contributed by atoms with Gasteiger partial charge in [0.05, 0.1) is 24.1 Å². The predicted molar refractivity (Wildman–Crippen MR) is 141 cm³/mol. The molecule has 5 nitrogen and oxygen atoms in total. The molecule has 1 aromatic heterocycles. The van der Waals surface area contributed by atoms with E-state index in [1.54, 1.807) is 36.5 Å². The molecule has 196 valence electrons. The Kier molecular flexibility index (Phi) is 8.00. The summed E-state index contributed by atoms with van der Waals surface area (Å²) < 4.78 is 46.7. The van der Waals surface area contributed by atoms with Crippen LogP contribution >= 0.6 is 0 Å². The average molecular weight is 520 g/mol. The quantitative estimate of drug-likeness (QED) is 0.264. The van der Waals surface area contributed by atoms with E-state index in [0.717, 1.165) is 29.7 Å². The molecule has 1 atom stereocenters. The van der Waals surface area contributed by atoms with Crippen LogP contribution in [0.25, 0.3) is 0 Å². The molecule has 0 aliphatic heterocycles. The van der Waals surface area contributed by atoms with E-state index in [1.165, 1.54) is 13.2 Å². The molecule has 38 heavy (non-hydrogen) atoms. The molecule has 0 radical (unpaired) electrons. The first-order chi connectivity index (χ1) is 18.2. The Morgan fingerprint density at radius 1 is 0.868 bits per heavy atom. The van der Waals surface area contributed by atoms with Gasteiger partial charge in [0.1, 0.15) is 11.3 Å². The standard InChI is InChI=1S/C30H28F3N3O2/c1-3-21-15-16-25(26(18-21)38-2)35-28(37)36-29(27-14-7-8-17-34-27,20-22-10-5-4-6-11-22)23-12-9-13-24(19-23)30(31,32)33/h4-19H,3,20H2,1-2H3,(H2,35,36,37). The van der Waals surface area contributed by atoms with Gasteiger partial charge in [0.2, 0.25) is 0 Å². The molecule has 0 bridgehead atoms. The Morgan fingerprint density at radius 3 is 2.26 bits per heavy atom. The van der Waals surface area contributed by atoms with Gasteiger partial charge < -0.3 is 15.4 Å². The molecule has 1 heterocycles. The zero-order valence-corrected chi connectivity index (χ0v) is 21.0. The normalized spacial score (nSPS) is 12.9. The highest BCUT2D eigenvalue weighted by molar-refractivity contribution is 5.92. The zero-order chi connectivity index (χ0) is 27.2. The first-order valence-electron chi connectivity index (χ1n) is 12.1. The van der Waals surface area contributed by atoms with Crippen molar-refractivity contribution in [2.24, 2.45) is 0 Å². The van der Waals surface area contributed by atoms with Crippen molar-refractivity contribution in [3.8, 4) is 5.75 Å². The number of ether oxygens (including phenoxy) is 1. The molecule has 8 heteroatoms. The van der Waals surface area contributed by atoms with Crippen LogP contribution in [-0.4, -0.2) is 18.1 Å². The number of rotatable bonds is 8. The summed E-state index contributed by atoms with van der Waals surface area (Å²) in [6.07, 6.45) is -2.06. The summed E-state index contributed by atoms with van der Waals surface area (Å²) in [5.41, 5.74) is 0.669. The number of aryl methyl sites for hydroxylation is 1. The maximum absolute atomic E-state index is 13.8. The molecule has 0 fully saturated rings. The summed E-state index contributed by atoms with van der Waals surface area (Å²) in [6.45, 7) is 2.01. The Labute approximate surface area is 219 Å². The van der Waals surface area contributed by atoms with Crippen molar-refractivity contribution in [3.05, 3.63) is 125 Å². The van der Waals surface area contributed by atoms with Crippen molar-refractivity contribution < 1.29 is 22.7 Å². The number of hydrogen-bond donors (Lipinski definition) is 2. The summed E-state index contributed by atoms with van der Waals surface area (Å²) in [5, 5.41) is 5.80. The second-order valence-electron chi connectivity index (χ2n) is 8.83. The van der Waals surface area contributed by atoms with E-state index in [2.05, 4.69) is 15.6 Å². The second kappa shape index (κ2) is 11.4. The van der Waals surface area contributed by atoms with Crippen molar-refractivity contribution >= 4 is 11.7 Å². The third-order valence-electron chi connectivity index (χ3n) is 6.35. The number of carbonyl (C=O) groups excluding carboxylic acids is 1. The lowest BCUT2D eigenvalue weighted by Crippen LogP contribution is -2.50. The van der Waals surface area contributed by atoms with Crippen LogP contribution in [-0.2, 0) is 24.6 Å². The van der Waals surface area contributed by atoms with E-state index in [-0.39, 0.29) is 12.0 Å². The van der Waals surface area contributed by atoms with E-state index < -0.39 is 23.3 Å². The van der Waals surface area contributed by atoms with Gasteiger partial charge in [0.25, 0.3) is 0 Å². The van der Waals surface area contributed by atoms with Gasteiger partial charge in [-0.2, -0.15) is 13.2 Å². The number of anilines is 1. The third kappa shape index (κ3) is 5.96. The number of benzene rings is 3. The minimum Gasteiger partial charge on any atom is -0.495 e. The number of carbonyl (C=O) groups is 1. The number of amides is 2. The van der Waals surface area contributed by atoms with E-state index in [4.69, 9.17) is 4.74 Å².